The summed E-state index contributed by atoms with van der Waals surface area (Å²) < 4.78 is 52.2. The van der Waals surface area contributed by atoms with Crippen molar-refractivity contribution in [1.29, 1.82) is 0 Å². The van der Waals surface area contributed by atoms with E-state index in [4.69, 9.17) is 4.74 Å². The highest BCUT2D eigenvalue weighted by Gasteiger charge is 2.34. The number of carbonyl (C=O) groups excluding carboxylic acids is 1. The number of alkyl halides is 3. The quantitative estimate of drug-likeness (QED) is 0.589. The molecule has 0 atom stereocenters. The van der Waals surface area contributed by atoms with Gasteiger partial charge in [0.15, 0.2) is 0 Å². The largest absolute Gasteiger partial charge is 0.573 e. The summed E-state index contributed by atoms with van der Waals surface area (Å²) in [7, 11) is 2.55. The van der Waals surface area contributed by atoms with Gasteiger partial charge in [-0.1, -0.05) is 36.9 Å². The molecule has 0 aliphatic carbocycles. The van der Waals surface area contributed by atoms with E-state index in [0.29, 0.717) is 16.9 Å². The van der Waals surface area contributed by atoms with Crippen LogP contribution in [0.3, 0.4) is 0 Å². The summed E-state index contributed by atoms with van der Waals surface area (Å²) in [6.45, 7) is 3.57. The van der Waals surface area contributed by atoms with E-state index < -0.39 is 18.1 Å². The first-order valence-corrected chi connectivity index (χ1v) is 7.08. The average Bonchev–Trinajstić information content (AvgIpc) is 2.58. The smallest absolute Gasteiger partial charge is 0.496 e. The molecule has 0 saturated carbocycles. The minimum Gasteiger partial charge on any atom is -0.496 e. The van der Waals surface area contributed by atoms with E-state index in [0.717, 1.165) is 13.2 Å². The molecule has 0 radical (unpaired) electrons. The maximum Gasteiger partial charge on any atom is 0.573 e. The molecule has 2 rings (SSSR count). The molecule has 0 bridgehead atoms. The van der Waals surface area contributed by atoms with Crippen molar-refractivity contribution in [2.45, 2.75) is 6.36 Å². The van der Waals surface area contributed by atoms with Crippen LogP contribution in [0.2, 0.25) is 0 Å². The predicted molar refractivity (Wildman–Crippen MR) is 86.2 cm³/mol. The molecule has 7 heteroatoms. The number of carbonyl (C=O) groups is 1. The molecule has 0 aliphatic heterocycles. The van der Waals surface area contributed by atoms with Crippen molar-refractivity contribution in [3.63, 3.8) is 0 Å². The van der Waals surface area contributed by atoms with E-state index in [2.05, 4.69) is 16.1 Å². The summed E-state index contributed by atoms with van der Waals surface area (Å²) in [6.07, 6.45) is -4.93. The van der Waals surface area contributed by atoms with Crippen LogP contribution in [0, 0.1) is 0 Å². The van der Waals surface area contributed by atoms with Gasteiger partial charge < -0.3 is 14.2 Å². The van der Waals surface area contributed by atoms with Gasteiger partial charge in [-0.2, -0.15) is 0 Å². The zero-order valence-corrected chi connectivity index (χ0v) is 13.5. The van der Waals surface area contributed by atoms with Gasteiger partial charge in [-0.05, 0) is 17.7 Å². The summed E-state index contributed by atoms with van der Waals surface area (Å²) in [4.78, 5) is 11.9. The van der Waals surface area contributed by atoms with Crippen molar-refractivity contribution < 1.29 is 32.2 Å². The van der Waals surface area contributed by atoms with Crippen LogP contribution in [0.25, 0.3) is 16.7 Å². The summed E-state index contributed by atoms with van der Waals surface area (Å²) in [5.41, 5.74) is 0.409. The monoisotopic (exact) mass is 352 g/mol. The van der Waals surface area contributed by atoms with Gasteiger partial charge in [0.2, 0.25) is 0 Å². The number of para-hydroxylation sites is 1. The topological polar surface area (TPSA) is 44.8 Å². The minimum atomic E-state index is -4.93. The van der Waals surface area contributed by atoms with E-state index in [1.54, 1.807) is 30.3 Å². The first-order chi connectivity index (χ1) is 11.8. The first-order valence-electron chi connectivity index (χ1n) is 7.08. The molecule has 0 amide bonds. The molecule has 0 aromatic heterocycles. The number of rotatable bonds is 5. The van der Waals surface area contributed by atoms with Gasteiger partial charge in [0.05, 0.1) is 19.8 Å². The zero-order chi connectivity index (χ0) is 18.6. The normalized spacial score (nSPS) is 10.9. The van der Waals surface area contributed by atoms with Gasteiger partial charge >= 0.3 is 12.3 Å². The number of halogens is 3. The standard InChI is InChI=1S/C18H15F3O4/c1-11(17(22)24-3)16-13(12-7-4-5-9-14(12)23-2)8-6-10-15(16)25-18(19,20)21/h4-10H,1H2,2-3H3. The predicted octanol–water partition coefficient (Wildman–Crippen LogP) is 4.45. The summed E-state index contributed by atoms with van der Waals surface area (Å²) in [6, 6.07) is 10.8. The van der Waals surface area contributed by atoms with Crippen LogP contribution < -0.4 is 9.47 Å². The maximum atomic E-state index is 12.8. The fraction of sp³-hybridized carbons (Fsp3) is 0.167. The van der Waals surface area contributed by atoms with E-state index >= 15 is 0 Å². The lowest BCUT2D eigenvalue weighted by molar-refractivity contribution is -0.274. The highest BCUT2D eigenvalue weighted by molar-refractivity contribution is 6.18. The molecule has 0 saturated heterocycles. The van der Waals surface area contributed by atoms with Crippen molar-refractivity contribution in [2.24, 2.45) is 0 Å². The van der Waals surface area contributed by atoms with Gasteiger partial charge in [0.25, 0.3) is 0 Å². The minimum absolute atomic E-state index is 0.115. The van der Waals surface area contributed by atoms with Crippen LogP contribution in [0.5, 0.6) is 11.5 Å². The number of esters is 1. The van der Waals surface area contributed by atoms with Crippen LogP contribution in [0.15, 0.2) is 49.0 Å². The van der Waals surface area contributed by atoms with E-state index in [1.807, 2.05) is 0 Å². The molecule has 0 N–H and O–H groups in total. The summed E-state index contributed by atoms with van der Waals surface area (Å²) in [5, 5.41) is 0. The molecule has 25 heavy (non-hydrogen) atoms. The molecular weight excluding hydrogens is 337 g/mol. The number of ether oxygens (including phenoxy) is 3. The third-order valence-electron chi connectivity index (χ3n) is 3.38. The molecule has 0 spiro atoms. The van der Waals surface area contributed by atoms with Crippen LogP contribution >= 0.6 is 0 Å². The van der Waals surface area contributed by atoms with Gasteiger partial charge in [0, 0.05) is 11.1 Å². The summed E-state index contributed by atoms with van der Waals surface area (Å²) in [5.74, 6) is -0.994. The first kappa shape index (κ1) is 18.4. The average molecular weight is 352 g/mol. The lowest BCUT2D eigenvalue weighted by atomic mass is 9.93. The Kier molecular flexibility index (Phi) is 5.36. The fourth-order valence-corrected chi connectivity index (χ4v) is 2.37. The lowest BCUT2D eigenvalue weighted by Crippen LogP contribution is -2.19. The van der Waals surface area contributed by atoms with Crippen LogP contribution in [0.4, 0.5) is 13.2 Å². The fourth-order valence-electron chi connectivity index (χ4n) is 2.37. The van der Waals surface area contributed by atoms with Gasteiger partial charge in [-0.15, -0.1) is 13.2 Å². The van der Waals surface area contributed by atoms with Gasteiger partial charge in [0.1, 0.15) is 11.5 Å². The van der Waals surface area contributed by atoms with Crippen molar-refractivity contribution in [3.8, 4) is 22.6 Å². The Morgan fingerprint density at radius 3 is 2.16 bits per heavy atom. The number of benzene rings is 2. The van der Waals surface area contributed by atoms with Crippen molar-refractivity contribution in [1.82, 2.24) is 0 Å². The highest BCUT2D eigenvalue weighted by atomic mass is 19.4. The molecule has 0 fully saturated rings. The van der Waals surface area contributed by atoms with E-state index in [-0.39, 0.29) is 11.1 Å². The Morgan fingerprint density at radius 1 is 0.960 bits per heavy atom. The third-order valence-corrected chi connectivity index (χ3v) is 3.38. The van der Waals surface area contributed by atoms with Crippen LogP contribution in [-0.2, 0) is 9.53 Å². The second kappa shape index (κ2) is 7.29. The summed E-state index contributed by atoms with van der Waals surface area (Å²) >= 11 is 0. The Morgan fingerprint density at radius 2 is 1.56 bits per heavy atom. The lowest BCUT2D eigenvalue weighted by Gasteiger charge is -2.18. The molecule has 4 nitrogen and oxygen atoms in total. The Balaban J connectivity index is 2.73. The van der Waals surface area contributed by atoms with Crippen LogP contribution in [0.1, 0.15) is 5.56 Å². The molecule has 2 aromatic rings. The Labute approximate surface area is 142 Å². The zero-order valence-electron chi connectivity index (χ0n) is 13.5. The van der Waals surface area contributed by atoms with Gasteiger partial charge in [-0.25, -0.2) is 4.79 Å². The second-order valence-corrected chi connectivity index (χ2v) is 4.90. The number of hydrogen-bond acceptors (Lipinski definition) is 4. The SMILES string of the molecule is C=C(C(=O)OC)c1c(OC(F)(F)F)cccc1-c1ccccc1OC. The maximum absolute atomic E-state index is 12.8. The molecule has 0 unspecified atom stereocenters. The van der Waals surface area contributed by atoms with Gasteiger partial charge in [-0.3, -0.25) is 0 Å². The number of methoxy groups -OCH3 is 2. The molecule has 0 heterocycles. The van der Waals surface area contributed by atoms with Crippen molar-refractivity contribution in [3.05, 3.63) is 54.6 Å². The Hall–Kier alpha value is -2.96. The third kappa shape index (κ3) is 4.12. The Bertz CT molecular complexity index is 797. The molecule has 0 aliphatic rings. The van der Waals surface area contributed by atoms with E-state index in [9.17, 15) is 18.0 Å². The van der Waals surface area contributed by atoms with Crippen molar-refractivity contribution in [2.75, 3.05) is 14.2 Å². The second-order valence-electron chi connectivity index (χ2n) is 4.90. The molecular formula is C18H15F3O4. The highest BCUT2D eigenvalue weighted by Crippen LogP contribution is 2.41. The molecule has 132 valence electrons. The van der Waals surface area contributed by atoms with E-state index in [1.165, 1.54) is 13.2 Å². The van der Waals surface area contributed by atoms with Crippen molar-refractivity contribution >= 4 is 11.5 Å². The van der Waals surface area contributed by atoms with Crippen LogP contribution in [-0.4, -0.2) is 26.6 Å². The number of hydrogen-bond donors (Lipinski definition) is 0. The molecule has 2 aromatic carbocycles.